The summed E-state index contributed by atoms with van der Waals surface area (Å²) in [7, 11) is 0. The zero-order valence-electron chi connectivity index (χ0n) is 8.97. The van der Waals surface area contributed by atoms with Crippen LogP contribution in [0.5, 0.6) is 0 Å². The minimum absolute atomic E-state index is 0. The molecule has 0 radical (unpaired) electrons. The van der Waals surface area contributed by atoms with Crippen LogP contribution in [0.25, 0.3) is 6.08 Å². The van der Waals surface area contributed by atoms with Crippen molar-refractivity contribution < 1.29 is 66.1 Å². The Morgan fingerprint density at radius 2 is 1.88 bits per heavy atom. The summed E-state index contributed by atoms with van der Waals surface area (Å²) in [5, 5.41) is 12.2. The molecule has 78 valence electrons. The molecule has 0 aromatic heterocycles. The zero-order chi connectivity index (χ0) is 11.1. The summed E-state index contributed by atoms with van der Waals surface area (Å²) in [4.78, 5) is 21.1. The van der Waals surface area contributed by atoms with Crippen LogP contribution in [0, 0.1) is 0 Å². The second-order valence-corrected chi connectivity index (χ2v) is 2.83. The second-order valence-electron chi connectivity index (χ2n) is 2.83. The van der Waals surface area contributed by atoms with E-state index in [4.69, 9.17) is 0 Å². The molecule has 0 aliphatic rings. The molecule has 1 aromatic rings. The number of carbonyl (C=O) groups is 2. The van der Waals surface area contributed by atoms with E-state index in [9.17, 15) is 14.7 Å². The molecule has 1 rings (SSSR count). The minimum atomic E-state index is -1.31. The van der Waals surface area contributed by atoms with E-state index in [1.807, 2.05) is 30.3 Å². The summed E-state index contributed by atoms with van der Waals surface area (Å²) in [6.45, 7) is -0.474. The predicted octanol–water partition coefficient (Wildman–Crippen LogP) is -3.43. The molecule has 0 bridgehead atoms. The van der Waals surface area contributed by atoms with Crippen molar-refractivity contribution in [3.63, 3.8) is 0 Å². The standard InChI is InChI=1S/C11H11NO3.K/c13-10(12-8-11(14)15)7-6-9-4-2-1-3-5-9;/h1-7H,8H2,(H,12,13)(H,14,15);/q;+1/p-1. The minimum Gasteiger partial charge on any atom is -0.548 e. The number of carboxylic acids is 1. The fraction of sp³-hybridized carbons (Fsp3) is 0.0909. The van der Waals surface area contributed by atoms with Gasteiger partial charge >= 0.3 is 51.4 Å². The molecule has 1 amide bonds. The van der Waals surface area contributed by atoms with Crippen molar-refractivity contribution in [1.29, 1.82) is 0 Å². The first kappa shape index (κ1) is 15.5. The van der Waals surface area contributed by atoms with E-state index in [0.29, 0.717) is 0 Å². The molecule has 0 saturated heterocycles. The normalized spacial score (nSPS) is 9.50. The maximum Gasteiger partial charge on any atom is 1.00 e. The maximum atomic E-state index is 11.0. The monoisotopic (exact) mass is 243 g/mol. The first-order valence-electron chi connectivity index (χ1n) is 4.39. The van der Waals surface area contributed by atoms with E-state index in [2.05, 4.69) is 5.32 Å². The van der Waals surface area contributed by atoms with Crippen LogP contribution in [-0.4, -0.2) is 18.4 Å². The molecule has 0 aliphatic carbocycles. The Morgan fingerprint density at radius 3 is 2.44 bits per heavy atom. The van der Waals surface area contributed by atoms with Crippen molar-refractivity contribution in [2.75, 3.05) is 6.54 Å². The molecule has 4 nitrogen and oxygen atoms in total. The summed E-state index contributed by atoms with van der Waals surface area (Å²) < 4.78 is 0. The van der Waals surface area contributed by atoms with Crippen molar-refractivity contribution in [3.8, 4) is 0 Å². The summed E-state index contributed by atoms with van der Waals surface area (Å²) in [5.41, 5.74) is 0.876. The van der Waals surface area contributed by atoms with Gasteiger partial charge in [0.2, 0.25) is 5.91 Å². The van der Waals surface area contributed by atoms with Crippen molar-refractivity contribution in [1.82, 2.24) is 5.32 Å². The third kappa shape index (κ3) is 6.92. The van der Waals surface area contributed by atoms with E-state index >= 15 is 0 Å². The van der Waals surface area contributed by atoms with E-state index in [-0.39, 0.29) is 51.4 Å². The molecule has 1 aromatic carbocycles. The van der Waals surface area contributed by atoms with Crippen LogP contribution in [-0.2, 0) is 9.59 Å². The van der Waals surface area contributed by atoms with Crippen LogP contribution >= 0.6 is 0 Å². The summed E-state index contributed by atoms with van der Waals surface area (Å²) >= 11 is 0. The van der Waals surface area contributed by atoms with Gasteiger partial charge in [0.25, 0.3) is 0 Å². The topological polar surface area (TPSA) is 69.2 Å². The first-order valence-corrected chi connectivity index (χ1v) is 4.39. The van der Waals surface area contributed by atoms with E-state index in [1.54, 1.807) is 6.08 Å². The van der Waals surface area contributed by atoms with Crippen LogP contribution in [0.1, 0.15) is 5.56 Å². The first-order chi connectivity index (χ1) is 7.18. The van der Waals surface area contributed by atoms with Crippen molar-refractivity contribution in [3.05, 3.63) is 42.0 Å². The Kier molecular flexibility index (Phi) is 8.41. The average molecular weight is 243 g/mol. The Morgan fingerprint density at radius 1 is 1.25 bits per heavy atom. The van der Waals surface area contributed by atoms with E-state index in [1.165, 1.54) is 6.08 Å². The van der Waals surface area contributed by atoms with Crippen molar-refractivity contribution in [2.45, 2.75) is 0 Å². The number of hydrogen-bond acceptors (Lipinski definition) is 3. The molecule has 0 aliphatic heterocycles. The maximum absolute atomic E-state index is 11.0. The molecule has 0 fully saturated rings. The van der Waals surface area contributed by atoms with Gasteiger partial charge in [-0.25, -0.2) is 0 Å². The molecule has 0 unspecified atom stereocenters. The number of carboxylic acid groups (broad SMARTS) is 1. The summed E-state index contributed by atoms with van der Waals surface area (Å²) in [6.07, 6.45) is 2.88. The predicted molar refractivity (Wildman–Crippen MR) is 53.5 cm³/mol. The fourth-order valence-corrected chi connectivity index (χ4v) is 0.954. The van der Waals surface area contributed by atoms with Crippen LogP contribution in [0.3, 0.4) is 0 Å². The Labute approximate surface area is 136 Å². The second kappa shape index (κ2) is 8.66. The van der Waals surface area contributed by atoms with Gasteiger partial charge in [0.1, 0.15) is 0 Å². The van der Waals surface area contributed by atoms with Gasteiger partial charge in [-0.05, 0) is 11.6 Å². The third-order valence-corrected chi connectivity index (χ3v) is 1.63. The molecular weight excluding hydrogens is 233 g/mol. The van der Waals surface area contributed by atoms with Crippen molar-refractivity contribution >= 4 is 18.0 Å². The number of rotatable bonds is 4. The molecule has 0 heterocycles. The number of carbonyl (C=O) groups excluding carboxylic acids is 2. The molecule has 16 heavy (non-hydrogen) atoms. The quantitative estimate of drug-likeness (QED) is 0.442. The van der Waals surface area contributed by atoms with E-state index < -0.39 is 18.4 Å². The van der Waals surface area contributed by atoms with E-state index in [0.717, 1.165) is 5.56 Å². The third-order valence-electron chi connectivity index (χ3n) is 1.63. The summed E-state index contributed by atoms with van der Waals surface area (Å²) in [5.74, 6) is -1.76. The van der Waals surface area contributed by atoms with Crippen LogP contribution in [0.4, 0.5) is 0 Å². The zero-order valence-corrected chi connectivity index (χ0v) is 12.1. The molecule has 0 spiro atoms. The van der Waals surface area contributed by atoms with Gasteiger partial charge in [-0.2, -0.15) is 0 Å². The van der Waals surface area contributed by atoms with Crippen molar-refractivity contribution in [2.24, 2.45) is 0 Å². The number of benzene rings is 1. The van der Waals surface area contributed by atoms with Gasteiger partial charge in [-0.3, -0.25) is 4.79 Å². The molecular formula is C11H10KNO3. The fourth-order valence-electron chi connectivity index (χ4n) is 0.954. The van der Waals surface area contributed by atoms with Gasteiger partial charge in [0.05, 0.1) is 12.5 Å². The number of amides is 1. The van der Waals surface area contributed by atoms with Gasteiger partial charge in [-0.15, -0.1) is 0 Å². The molecule has 0 saturated carbocycles. The molecule has 5 heteroatoms. The number of nitrogens with one attached hydrogen (secondary N) is 1. The Hall–Kier alpha value is -0.464. The van der Waals surface area contributed by atoms with Crippen LogP contribution < -0.4 is 61.8 Å². The smallest absolute Gasteiger partial charge is 0.548 e. The number of aliphatic carboxylic acids is 1. The Balaban J connectivity index is 0.00000225. The van der Waals surface area contributed by atoms with Gasteiger partial charge in [0, 0.05) is 6.08 Å². The van der Waals surface area contributed by atoms with Crippen LogP contribution in [0.2, 0.25) is 0 Å². The Bertz CT molecular complexity index is 376. The number of hydrogen-bond donors (Lipinski definition) is 1. The largest absolute Gasteiger partial charge is 1.00 e. The molecule has 1 N–H and O–H groups in total. The molecule has 0 atom stereocenters. The SMILES string of the molecule is O=C([O-])CNC(=O)C=Cc1ccccc1.[K+]. The van der Waals surface area contributed by atoms with Crippen LogP contribution in [0.15, 0.2) is 36.4 Å². The van der Waals surface area contributed by atoms with Gasteiger partial charge in [-0.1, -0.05) is 30.3 Å². The average Bonchev–Trinajstić information content (AvgIpc) is 2.25. The van der Waals surface area contributed by atoms with Gasteiger partial charge < -0.3 is 15.2 Å². The van der Waals surface area contributed by atoms with Gasteiger partial charge in [0.15, 0.2) is 0 Å². The summed E-state index contributed by atoms with van der Waals surface area (Å²) in [6, 6.07) is 9.23.